The summed E-state index contributed by atoms with van der Waals surface area (Å²) in [5, 5.41) is 10.2. The number of carbonyl (C=O) groups is 1. The summed E-state index contributed by atoms with van der Waals surface area (Å²) in [6.07, 6.45) is 5.03. The first-order chi connectivity index (χ1) is 10.7. The van der Waals surface area contributed by atoms with Crippen LogP contribution >= 0.6 is 12.2 Å². The number of hydrogen-bond acceptors (Lipinski definition) is 4. The minimum atomic E-state index is 0.0492. The zero-order chi connectivity index (χ0) is 15.5. The van der Waals surface area contributed by atoms with Crippen LogP contribution in [0.15, 0.2) is 0 Å². The van der Waals surface area contributed by atoms with Crippen molar-refractivity contribution in [2.24, 2.45) is 11.8 Å². The Labute approximate surface area is 135 Å². The van der Waals surface area contributed by atoms with Gasteiger partial charge in [-0.3, -0.25) is 9.89 Å². The van der Waals surface area contributed by atoms with E-state index in [0.29, 0.717) is 23.3 Å². The van der Waals surface area contributed by atoms with Gasteiger partial charge in [-0.05, 0) is 43.8 Å². The molecular formula is C15H24N4O2S. The Kier molecular flexibility index (Phi) is 4.93. The van der Waals surface area contributed by atoms with E-state index in [1.807, 2.05) is 6.92 Å². The number of H-pyrrole nitrogens is 1. The first-order valence-electron chi connectivity index (χ1n) is 8.18. The minimum Gasteiger partial charge on any atom is -0.381 e. The zero-order valence-electron chi connectivity index (χ0n) is 13.0. The Bertz CT molecular complexity index is 572. The smallest absolute Gasteiger partial charge is 0.223 e. The van der Waals surface area contributed by atoms with Crippen molar-refractivity contribution in [2.45, 2.75) is 45.1 Å². The first-order valence-corrected chi connectivity index (χ1v) is 8.59. The van der Waals surface area contributed by atoms with E-state index >= 15 is 0 Å². The van der Waals surface area contributed by atoms with Crippen molar-refractivity contribution in [1.82, 2.24) is 20.1 Å². The van der Waals surface area contributed by atoms with Crippen molar-refractivity contribution >= 4 is 18.1 Å². The van der Waals surface area contributed by atoms with Crippen LogP contribution in [-0.2, 0) is 16.0 Å². The van der Waals surface area contributed by atoms with Gasteiger partial charge in [-0.1, -0.05) is 6.92 Å². The molecule has 0 spiro atoms. The largest absolute Gasteiger partial charge is 0.381 e. The van der Waals surface area contributed by atoms with E-state index in [9.17, 15) is 4.79 Å². The summed E-state index contributed by atoms with van der Waals surface area (Å²) < 4.78 is 8.15. The summed E-state index contributed by atoms with van der Waals surface area (Å²) in [5.41, 5.74) is 0. The molecule has 6 nitrogen and oxygen atoms in total. The Morgan fingerprint density at radius 1 is 1.45 bits per heavy atom. The molecule has 2 fully saturated rings. The Morgan fingerprint density at radius 3 is 2.86 bits per heavy atom. The highest BCUT2D eigenvalue weighted by Crippen LogP contribution is 2.35. The fourth-order valence-electron chi connectivity index (χ4n) is 3.11. The van der Waals surface area contributed by atoms with E-state index in [0.717, 1.165) is 38.3 Å². The molecule has 2 aliphatic rings. The van der Waals surface area contributed by atoms with Crippen LogP contribution in [0.4, 0.5) is 0 Å². The van der Waals surface area contributed by atoms with Crippen LogP contribution in [0.2, 0.25) is 0 Å². The SMILES string of the molecule is CC(C(=O)NCCc1n[nH]c(=S)n1C1CC1)C1CCOCC1. The maximum atomic E-state index is 12.3. The molecule has 3 rings (SSSR count). The molecule has 0 bridgehead atoms. The lowest BCUT2D eigenvalue weighted by atomic mass is 9.87. The maximum Gasteiger partial charge on any atom is 0.223 e. The molecule has 0 aromatic carbocycles. The molecule has 122 valence electrons. The van der Waals surface area contributed by atoms with Crippen molar-refractivity contribution in [3.05, 3.63) is 10.6 Å². The van der Waals surface area contributed by atoms with Gasteiger partial charge in [0.15, 0.2) is 4.77 Å². The molecule has 7 heteroatoms. The molecule has 1 aliphatic heterocycles. The van der Waals surface area contributed by atoms with E-state index in [1.165, 1.54) is 12.8 Å². The molecule has 1 unspecified atom stereocenters. The monoisotopic (exact) mass is 324 g/mol. The van der Waals surface area contributed by atoms with Gasteiger partial charge in [-0.15, -0.1) is 0 Å². The van der Waals surface area contributed by atoms with Gasteiger partial charge in [0, 0.05) is 38.1 Å². The normalized spacial score (nSPS) is 20.8. The molecule has 1 aliphatic carbocycles. The summed E-state index contributed by atoms with van der Waals surface area (Å²) in [5.74, 6) is 1.58. The maximum absolute atomic E-state index is 12.3. The van der Waals surface area contributed by atoms with Gasteiger partial charge in [0.2, 0.25) is 5.91 Å². The van der Waals surface area contributed by atoms with Gasteiger partial charge in [-0.2, -0.15) is 5.10 Å². The molecule has 1 saturated carbocycles. The second-order valence-electron chi connectivity index (χ2n) is 6.33. The third kappa shape index (κ3) is 3.57. The molecule has 1 aromatic heterocycles. The fraction of sp³-hybridized carbons (Fsp3) is 0.800. The molecule has 22 heavy (non-hydrogen) atoms. The van der Waals surface area contributed by atoms with Crippen LogP contribution in [0.3, 0.4) is 0 Å². The lowest BCUT2D eigenvalue weighted by Gasteiger charge is -2.26. The van der Waals surface area contributed by atoms with E-state index in [1.54, 1.807) is 0 Å². The second kappa shape index (κ2) is 6.91. The lowest BCUT2D eigenvalue weighted by molar-refractivity contribution is -0.127. The predicted molar refractivity (Wildman–Crippen MR) is 85.1 cm³/mol. The third-order valence-electron chi connectivity index (χ3n) is 4.72. The van der Waals surface area contributed by atoms with Crippen molar-refractivity contribution < 1.29 is 9.53 Å². The van der Waals surface area contributed by atoms with Crippen LogP contribution in [0.1, 0.15) is 44.5 Å². The van der Waals surface area contributed by atoms with Crippen molar-refractivity contribution in [2.75, 3.05) is 19.8 Å². The van der Waals surface area contributed by atoms with Gasteiger partial charge in [0.25, 0.3) is 0 Å². The van der Waals surface area contributed by atoms with Crippen LogP contribution in [0, 0.1) is 16.6 Å². The molecule has 0 radical (unpaired) electrons. The van der Waals surface area contributed by atoms with Crippen LogP contribution in [0.25, 0.3) is 0 Å². The quantitative estimate of drug-likeness (QED) is 0.785. The highest BCUT2D eigenvalue weighted by Gasteiger charge is 2.28. The average Bonchev–Trinajstić information content (AvgIpc) is 3.31. The number of nitrogens with zero attached hydrogens (tertiary/aromatic N) is 2. The first kappa shape index (κ1) is 15.7. The number of rotatable bonds is 6. The Balaban J connectivity index is 1.48. The molecule has 2 heterocycles. The van der Waals surface area contributed by atoms with Crippen LogP contribution < -0.4 is 5.32 Å². The van der Waals surface area contributed by atoms with Gasteiger partial charge in [0.05, 0.1) is 0 Å². The summed E-state index contributed by atoms with van der Waals surface area (Å²) >= 11 is 5.26. The number of amides is 1. The topological polar surface area (TPSA) is 71.9 Å². The van der Waals surface area contributed by atoms with Gasteiger partial charge in [0.1, 0.15) is 5.82 Å². The van der Waals surface area contributed by atoms with E-state index < -0.39 is 0 Å². The molecule has 1 amide bonds. The summed E-state index contributed by atoms with van der Waals surface area (Å²) in [6, 6.07) is 0.512. The van der Waals surface area contributed by atoms with Crippen LogP contribution in [0.5, 0.6) is 0 Å². The second-order valence-corrected chi connectivity index (χ2v) is 6.71. The van der Waals surface area contributed by atoms with Gasteiger partial charge < -0.3 is 14.6 Å². The zero-order valence-corrected chi connectivity index (χ0v) is 13.8. The Hall–Kier alpha value is -1.21. The number of carbonyl (C=O) groups excluding carboxylic acids is 1. The average molecular weight is 324 g/mol. The number of nitrogens with one attached hydrogen (secondary N) is 2. The molecule has 1 atom stereocenters. The van der Waals surface area contributed by atoms with Crippen LogP contribution in [-0.4, -0.2) is 40.4 Å². The molecule has 1 aromatic rings. The number of ether oxygens (including phenoxy) is 1. The van der Waals surface area contributed by atoms with E-state index in [2.05, 4.69) is 20.1 Å². The van der Waals surface area contributed by atoms with E-state index in [-0.39, 0.29) is 11.8 Å². The van der Waals surface area contributed by atoms with E-state index in [4.69, 9.17) is 17.0 Å². The molecule has 2 N–H and O–H groups in total. The third-order valence-corrected chi connectivity index (χ3v) is 5.01. The van der Waals surface area contributed by atoms with Crippen molar-refractivity contribution in [1.29, 1.82) is 0 Å². The Morgan fingerprint density at radius 2 is 2.18 bits per heavy atom. The summed E-state index contributed by atoms with van der Waals surface area (Å²) in [6.45, 7) is 4.18. The highest BCUT2D eigenvalue weighted by atomic mass is 32.1. The highest BCUT2D eigenvalue weighted by molar-refractivity contribution is 7.71. The standard InChI is InChI=1S/C15H24N4O2S/c1-10(11-5-8-21-9-6-11)14(20)16-7-4-13-17-18-15(22)19(13)12-2-3-12/h10-12H,2-9H2,1H3,(H,16,20)(H,18,22). The van der Waals surface area contributed by atoms with Gasteiger partial charge in [-0.25, -0.2) is 0 Å². The summed E-state index contributed by atoms with van der Waals surface area (Å²) in [7, 11) is 0. The summed E-state index contributed by atoms with van der Waals surface area (Å²) in [4.78, 5) is 12.3. The number of hydrogen-bond donors (Lipinski definition) is 2. The number of aromatic nitrogens is 3. The molecule has 1 saturated heterocycles. The number of aromatic amines is 1. The minimum absolute atomic E-state index is 0.0492. The lowest BCUT2D eigenvalue weighted by Crippen LogP contribution is -2.36. The predicted octanol–water partition coefficient (Wildman–Crippen LogP) is 2.00. The fourth-order valence-corrected chi connectivity index (χ4v) is 3.41. The van der Waals surface area contributed by atoms with Gasteiger partial charge >= 0.3 is 0 Å². The van der Waals surface area contributed by atoms with Crippen molar-refractivity contribution in [3.8, 4) is 0 Å². The van der Waals surface area contributed by atoms with Crippen molar-refractivity contribution in [3.63, 3.8) is 0 Å². The molecular weight excluding hydrogens is 300 g/mol.